The summed E-state index contributed by atoms with van der Waals surface area (Å²) in [5.74, 6) is -1.19. The normalized spacial score (nSPS) is 20.8. The third-order valence-electron chi connectivity index (χ3n) is 10.6. The molecule has 5 unspecified atom stereocenters. The van der Waals surface area contributed by atoms with Gasteiger partial charge in [-0.15, -0.1) is 0 Å². The highest BCUT2D eigenvalue weighted by Gasteiger charge is 2.57. The molecule has 6 nitrogen and oxygen atoms in total. The molecule has 0 aromatic heterocycles. The summed E-state index contributed by atoms with van der Waals surface area (Å²) in [4.78, 5) is 0. The molecule has 7 rings (SSSR count). The van der Waals surface area contributed by atoms with E-state index in [1.807, 2.05) is 115 Å². The summed E-state index contributed by atoms with van der Waals surface area (Å²) in [5.41, 5.74) is 8.10. The van der Waals surface area contributed by atoms with Crippen molar-refractivity contribution in [3.63, 3.8) is 0 Å². The van der Waals surface area contributed by atoms with E-state index in [0.717, 1.165) is 46.4 Å². The predicted molar refractivity (Wildman–Crippen MR) is 220 cm³/mol. The van der Waals surface area contributed by atoms with E-state index in [9.17, 15) is 5.11 Å². The monoisotopic (exact) mass is 748 g/mol. The minimum absolute atomic E-state index is 0.231. The zero-order valence-electron chi connectivity index (χ0n) is 32.3. The van der Waals surface area contributed by atoms with Crippen LogP contribution in [0.3, 0.4) is 0 Å². The van der Waals surface area contributed by atoms with Gasteiger partial charge in [-0.05, 0) is 76.4 Å². The summed E-state index contributed by atoms with van der Waals surface area (Å²) in [6.45, 7) is 3.03. The molecule has 1 saturated heterocycles. The second-order valence-electron chi connectivity index (χ2n) is 14.5. The van der Waals surface area contributed by atoms with Crippen LogP contribution in [0.4, 0.5) is 0 Å². The summed E-state index contributed by atoms with van der Waals surface area (Å²) < 4.78 is 33.6. The SMILES string of the molecule is CCc1ccc(Cc2cc(C3(O)OC(CCc4ccccc4)C(OCc4ccccc4)C(OCc4ccccc4)C3OCc3ccccc3)ccc2OC)cc1. The topological polar surface area (TPSA) is 66.4 Å². The second-order valence-corrected chi connectivity index (χ2v) is 14.5. The highest BCUT2D eigenvalue weighted by Crippen LogP contribution is 2.44. The Morgan fingerprint density at radius 2 is 1.05 bits per heavy atom. The molecule has 0 bridgehead atoms. The molecule has 6 aromatic carbocycles. The number of rotatable bonds is 17. The molecular formula is C50H52O6. The number of benzene rings is 6. The first-order valence-corrected chi connectivity index (χ1v) is 19.7. The highest BCUT2D eigenvalue weighted by atomic mass is 16.7. The molecule has 1 fully saturated rings. The number of methoxy groups -OCH3 is 1. The quantitative estimate of drug-likeness (QED) is 0.100. The smallest absolute Gasteiger partial charge is 0.222 e. The Bertz CT molecular complexity index is 2060. The molecule has 6 heteroatoms. The van der Waals surface area contributed by atoms with E-state index in [1.54, 1.807) is 7.11 Å². The van der Waals surface area contributed by atoms with E-state index in [0.29, 0.717) is 31.6 Å². The summed E-state index contributed by atoms with van der Waals surface area (Å²) in [6.07, 6.45) is 0.0279. The first-order chi connectivity index (χ1) is 27.5. The number of hydrogen-bond acceptors (Lipinski definition) is 6. The minimum atomic E-state index is -1.92. The standard InChI is InChI=1S/C50H52O6/c1-3-37-24-26-39(27-25-37)32-43-33-44(29-31-45(43)52-2)50(51)49(55-36-42-22-14-7-15-23-42)48(54-35-41-20-12-6-13-21-41)47(53-34-40-18-10-5-11-19-40)46(56-50)30-28-38-16-8-4-9-17-38/h4-27,29,31,33,46-49,51H,3,28,30,32,34-36H2,1-2H3. The van der Waals surface area contributed by atoms with Gasteiger partial charge in [-0.3, -0.25) is 0 Å². The van der Waals surface area contributed by atoms with Gasteiger partial charge in [0, 0.05) is 12.0 Å². The molecule has 0 amide bonds. The molecular weight excluding hydrogens is 697 g/mol. The van der Waals surface area contributed by atoms with Crippen molar-refractivity contribution >= 4 is 0 Å². The lowest BCUT2D eigenvalue weighted by Gasteiger charge is -2.50. The van der Waals surface area contributed by atoms with Gasteiger partial charge in [0.25, 0.3) is 0 Å². The lowest BCUT2D eigenvalue weighted by molar-refractivity contribution is -0.375. The van der Waals surface area contributed by atoms with Crippen LogP contribution in [0.2, 0.25) is 0 Å². The molecule has 6 aromatic rings. The van der Waals surface area contributed by atoms with Crippen LogP contribution in [0.5, 0.6) is 5.75 Å². The van der Waals surface area contributed by atoms with Gasteiger partial charge < -0.3 is 28.8 Å². The first kappa shape index (κ1) is 39.2. The van der Waals surface area contributed by atoms with Gasteiger partial charge in [-0.25, -0.2) is 0 Å². The number of aliphatic hydroxyl groups is 1. The molecule has 0 aliphatic carbocycles. The average Bonchev–Trinajstić information content (AvgIpc) is 3.25. The maximum atomic E-state index is 13.3. The summed E-state index contributed by atoms with van der Waals surface area (Å²) >= 11 is 0. The number of aryl methyl sites for hydroxylation is 2. The number of ether oxygens (including phenoxy) is 5. The van der Waals surface area contributed by atoms with Gasteiger partial charge in [0.1, 0.15) is 24.1 Å². The van der Waals surface area contributed by atoms with Crippen molar-refractivity contribution in [1.82, 2.24) is 0 Å². The molecule has 5 atom stereocenters. The van der Waals surface area contributed by atoms with Crippen molar-refractivity contribution in [2.75, 3.05) is 7.11 Å². The zero-order chi connectivity index (χ0) is 38.6. The molecule has 1 N–H and O–H groups in total. The fourth-order valence-electron chi connectivity index (χ4n) is 7.52. The van der Waals surface area contributed by atoms with Gasteiger partial charge in [-0.2, -0.15) is 0 Å². The Hall–Kier alpha value is -5.08. The van der Waals surface area contributed by atoms with Crippen molar-refractivity contribution in [2.24, 2.45) is 0 Å². The Morgan fingerprint density at radius 3 is 1.59 bits per heavy atom. The van der Waals surface area contributed by atoms with E-state index in [4.69, 9.17) is 23.7 Å². The highest BCUT2D eigenvalue weighted by molar-refractivity contribution is 5.43. The molecule has 0 spiro atoms. The number of hydrogen-bond donors (Lipinski definition) is 1. The Balaban J connectivity index is 1.31. The van der Waals surface area contributed by atoms with Gasteiger partial charge in [0.05, 0.1) is 33.0 Å². The van der Waals surface area contributed by atoms with Crippen LogP contribution in [-0.4, -0.2) is 36.6 Å². The zero-order valence-corrected chi connectivity index (χ0v) is 32.3. The van der Waals surface area contributed by atoms with Crippen molar-refractivity contribution in [1.29, 1.82) is 0 Å². The van der Waals surface area contributed by atoms with Crippen LogP contribution in [0.25, 0.3) is 0 Å². The molecule has 56 heavy (non-hydrogen) atoms. The van der Waals surface area contributed by atoms with Crippen molar-refractivity contribution in [3.8, 4) is 5.75 Å². The maximum Gasteiger partial charge on any atom is 0.222 e. The van der Waals surface area contributed by atoms with Gasteiger partial charge >= 0.3 is 0 Å². The second kappa shape index (κ2) is 19.2. The van der Waals surface area contributed by atoms with Gasteiger partial charge in [-0.1, -0.05) is 153 Å². The molecule has 1 aliphatic rings. The fourth-order valence-corrected chi connectivity index (χ4v) is 7.52. The predicted octanol–water partition coefficient (Wildman–Crippen LogP) is 9.78. The largest absolute Gasteiger partial charge is 0.496 e. The van der Waals surface area contributed by atoms with E-state index < -0.39 is 30.2 Å². The van der Waals surface area contributed by atoms with E-state index in [1.165, 1.54) is 11.1 Å². The lowest BCUT2D eigenvalue weighted by Crippen LogP contribution is -2.65. The minimum Gasteiger partial charge on any atom is -0.496 e. The van der Waals surface area contributed by atoms with Crippen LogP contribution in [-0.2, 0) is 63.8 Å². The third kappa shape index (κ3) is 9.83. The Kier molecular flexibility index (Phi) is 13.4. The van der Waals surface area contributed by atoms with Crippen molar-refractivity contribution < 1.29 is 28.8 Å². The van der Waals surface area contributed by atoms with Crippen LogP contribution in [0, 0.1) is 0 Å². The van der Waals surface area contributed by atoms with Crippen LogP contribution in [0.1, 0.15) is 57.9 Å². The summed E-state index contributed by atoms with van der Waals surface area (Å²) in [6, 6.07) is 55.0. The first-order valence-electron chi connectivity index (χ1n) is 19.7. The molecule has 1 aliphatic heterocycles. The van der Waals surface area contributed by atoms with Crippen molar-refractivity contribution in [2.45, 2.75) is 82.6 Å². The van der Waals surface area contributed by atoms with Crippen LogP contribution in [0.15, 0.2) is 164 Å². The van der Waals surface area contributed by atoms with E-state index >= 15 is 0 Å². The van der Waals surface area contributed by atoms with Crippen molar-refractivity contribution in [3.05, 3.63) is 208 Å². The van der Waals surface area contributed by atoms with Gasteiger partial charge in [0.2, 0.25) is 5.79 Å². The Morgan fingerprint density at radius 1 is 0.554 bits per heavy atom. The molecule has 0 radical (unpaired) electrons. The summed E-state index contributed by atoms with van der Waals surface area (Å²) in [7, 11) is 1.68. The lowest BCUT2D eigenvalue weighted by atomic mass is 9.84. The molecule has 288 valence electrons. The van der Waals surface area contributed by atoms with E-state index in [-0.39, 0.29) is 6.61 Å². The van der Waals surface area contributed by atoms with Gasteiger partial charge in [0.15, 0.2) is 0 Å². The van der Waals surface area contributed by atoms with Crippen LogP contribution >= 0.6 is 0 Å². The third-order valence-corrected chi connectivity index (χ3v) is 10.6. The maximum absolute atomic E-state index is 13.3. The van der Waals surface area contributed by atoms with Crippen LogP contribution < -0.4 is 4.74 Å². The Labute approximate surface area is 331 Å². The summed E-state index contributed by atoms with van der Waals surface area (Å²) in [5, 5.41) is 13.3. The van der Waals surface area contributed by atoms with E-state index in [2.05, 4.69) is 55.5 Å². The fraction of sp³-hybridized carbons (Fsp3) is 0.280. The average molecular weight is 749 g/mol. The molecule has 1 heterocycles. The molecule has 0 saturated carbocycles.